The van der Waals surface area contributed by atoms with Crippen molar-refractivity contribution in [2.24, 2.45) is 5.92 Å². The molecule has 1 amide bonds. The summed E-state index contributed by atoms with van der Waals surface area (Å²) in [5.74, 6) is -0.0616. The average molecular weight is 495 g/mol. The summed E-state index contributed by atoms with van der Waals surface area (Å²) in [5, 5.41) is 1.08. The monoisotopic (exact) mass is 494 g/mol. The molecule has 33 heavy (non-hydrogen) atoms. The Morgan fingerprint density at radius 1 is 1.21 bits per heavy atom. The van der Waals surface area contributed by atoms with Crippen LogP contribution in [0.5, 0.6) is 0 Å². The van der Waals surface area contributed by atoms with Crippen LogP contribution in [0, 0.1) is 19.8 Å². The van der Waals surface area contributed by atoms with Gasteiger partial charge in [0.25, 0.3) is 5.91 Å². The SMILES string of the molecule is Cc1sc2ncnc(N3CCC(C(=O)OC(C)C(=O)N(C)C4CCS(=O)(=O)C4)CC3)c2c1C. The molecule has 2 aliphatic heterocycles. The number of hydrogen-bond acceptors (Lipinski definition) is 9. The third-order valence-corrected chi connectivity index (χ3v) is 9.68. The molecule has 4 heterocycles. The predicted molar refractivity (Wildman–Crippen MR) is 127 cm³/mol. The molecule has 2 aliphatic rings. The van der Waals surface area contributed by atoms with Crippen LogP contribution in [0.15, 0.2) is 6.33 Å². The minimum Gasteiger partial charge on any atom is -0.452 e. The topological polar surface area (TPSA) is 110 Å². The lowest BCUT2D eigenvalue weighted by atomic mass is 9.96. The van der Waals surface area contributed by atoms with Crippen molar-refractivity contribution in [2.75, 3.05) is 36.5 Å². The van der Waals surface area contributed by atoms with Crippen molar-refractivity contribution in [3.05, 3.63) is 16.8 Å². The van der Waals surface area contributed by atoms with Crippen molar-refractivity contribution < 1.29 is 22.7 Å². The summed E-state index contributed by atoms with van der Waals surface area (Å²) in [6, 6.07) is -0.360. The number of aromatic nitrogens is 2. The largest absolute Gasteiger partial charge is 0.452 e. The molecule has 2 atom stereocenters. The van der Waals surface area contributed by atoms with Gasteiger partial charge in [-0.15, -0.1) is 11.3 Å². The average Bonchev–Trinajstić information content (AvgIpc) is 3.30. The van der Waals surface area contributed by atoms with Gasteiger partial charge in [-0.1, -0.05) is 0 Å². The number of thiophene rings is 1. The van der Waals surface area contributed by atoms with Crippen molar-refractivity contribution in [2.45, 2.75) is 52.2 Å². The fourth-order valence-corrected chi connectivity index (χ4v) is 7.36. The number of fused-ring (bicyclic) bond motifs is 1. The van der Waals surface area contributed by atoms with E-state index in [0.29, 0.717) is 32.4 Å². The fourth-order valence-electron chi connectivity index (χ4n) is 4.60. The first-order valence-corrected chi connectivity index (χ1v) is 13.8. The smallest absolute Gasteiger partial charge is 0.309 e. The van der Waals surface area contributed by atoms with Crippen LogP contribution < -0.4 is 4.90 Å². The van der Waals surface area contributed by atoms with Gasteiger partial charge < -0.3 is 14.5 Å². The van der Waals surface area contributed by atoms with Gasteiger partial charge in [0.05, 0.1) is 22.8 Å². The van der Waals surface area contributed by atoms with Gasteiger partial charge in [-0.2, -0.15) is 0 Å². The van der Waals surface area contributed by atoms with Gasteiger partial charge >= 0.3 is 5.97 Å². The van der Waals surface area contributed by atoms with E-state index in [9.17, 15) is 18.0 Å². The molecular weight excluding hydrogens is 464 g/mol. The van der Waals surface area contributed by atoms with Crippen LogP contribution in [0.3, 0.4) is 0 Å². The van der Waals surface area contributed by atoms with Crippen molar-refractivity contribution in [3.63, 3.8) is 0 Å². The highest BCUT2D eigenvalue weighted by Crippen LogP contribution is 2.35. The zero-order valence-electron chi connectivity index (χ0n) is 19.4. The Morgan fingerprint density at radius 3 is 2.55 bits per heavy atom. The molecule has 0 radical (unpaired) electrons. The van der Waals surface area contributed by atoms with Crippen LogP contribution in [0.2, 0.25) is 0 Å². The molecule has 2 saturated heterocycles. The standard InChI is InChI=1S/C22H30N4O5S2/c1-13-15(3)32-20-18(13)19(23-12-24-20)26-8-5-16(6-9-26)22(28)31-14(2)21(27)25(4)17-7-10-33(29,30)11-17/h12,14,16-17H,5-11H2,1-4H3. The molecule has 2 aromatic rings. The van der Waals surface area contributed by atoms with E-state index in [2.05, 4.69) is 28.7 Å². The third-order valence-electron chi connectivity index (χ3n) is 6.82. The van der Waals surface area contributed by atoms with Gasteiger partial charge in [0.15, 0.2) is 15.9 Å². The lowest BCUT2D eigenvalue weighted by Crippen LogP contribution is -2.45. The van der Waals surface area contributed by atoms with Gasteiger partial charge in [0, 0.05) is 31.1 Å². The molecule has 9 nitrogen and oxygen atoms in total. The van der Waals surface area contributed by atoms with E-state index in [1.165, 1.54) is 15.3 Å². The highest BCUT2D eigenvalue weighted by atomic mass is 32.2. The molecule has 0 bridgehead atoms. The molecule has 2 fully saturated rings. The number of anilines is 1. The number of piperidine rings is 1. The molecule has 11 heteroatoms. The normalized spacial score (nSPS) is 21.8. The van der Waals surface area contributed by atoms with Gasteiger partial charge in [-0.05, 0) is 45.6 Å². The van der Waals surface area contributed by atoms with E-state index in [-0.39, 0.29) is 35.3 Å². The molecule has 0 spiro atoms. The molecule has 180 valence electrons. The van der Waals surface area contributed by atoms with Gasteiger partial charge in [0.1, 0.15) is 17.0 Å². The highest BCUT2D eigenvalue weighted by molar-refractivity contribution is 7.91. The maximum Gasteiger partial charge on any atom is 0.309 e. The fraction of sp³-hybridized carbons (Fsp3) is 0.636. The van der Waals surface area contributed by atoms with Gasteiger partial charge in [-0.25, -0.2) is 18.4 Å². The molecule has 0 N–H and O–H groups in total. The van der Waals surface area contributed by atoms with E-state index in [1.54, 1.807) is 31.6 Å². The number of rotatable bonds is 5. The number of nitrogens with zero attached hydrogens (tertiary/aromatic N) is 4. The Morgan fingerprint density at radius 2 is 1.91 bits per heavy atom. The predicted octanol–water partition coefficient (Wildman–Crippen LogP) is 2.10. The number of sulfone groups is 1. The first-order chi connectivity index (χ1) is 15.6. The van der Waals surface area contributed by atoms with Crippen LogP contribution in [0.25, 0.3) is 10.2 Å². The van der Waals surface area contributed by atoms with Crippen LogP contribution in [0.1, 0.15) is 36.6 Å². The Balaban J connectivity index is 1.34. The summed E-state index contributed by atoms with van der Waals surface area (Å²) in [5.41, 5.74) is 1.19. The van der Waals surface area contributed by atoms with Crippen molar-refractivity contribution >= 4 is 49.1 Å². The van der Waals surface area contributed by atoms with Crippen molar-refractivity contribution in [1.29, 1.82) is 0 Å². The maximum absolute atomic E-state index is 12.7. The Hall–Kier alpha value is -2.27. The summed E-state index contributed by atoms with van der Waals surface area (Å²) in [7, 11) is -1.52. The highest BCUT2D eigenvalue weighted by Gasteiger charge is 2.36. The first kappa shape index (κ1) is 23.9. The molecule has 2 unspecified atom stereocenters. The van der Waals surface area contributed by atoms with Gasteiger partial charge in [0.2, 0.25) is 0 Å². The molecule has 0 aromatic carbocycles. The molecular formula is C22H30N4O5S2. The molecule has 0 saturated carbocycles. The lowest BCUT2D eigenvalue weighted by molar-refractivity contribution is -0.163. The third kappa shape index (κ3) is 4.84. The Kier molecular flexibility index (Phi) is 6.63. The summed E-state index contributed by atoms with van der Waals surface area (Å²) in [6.07, 6.45) is 2.30. The number of amides is 1. The first-order valence-electron chi connectivity index (χ1n) is 11.2. The number of ether oxygens (including phenoxy) is 1. The number of likely N-dealkylation sites (N-methyl/N-ethyl adjacent to an activating group) is 1. The van der Waals surface area contributed by atoms with Crippen LogP contribution in [0.4, 0.5) is 5.82 Å². The minimum atomic E-state index is -3.10. The second-order valence-electron chi connectivity index (χ2n) is 9.01. The lowest BCUT2D eigenvalue weighted by Gasteiger charge is -2.33. The summed E-state index contributed by atoms with van der Waals surface area (Å²) < 4.78 is 28.9. The summed E-state index contributed by atoms with van der Waals surface area (Å²) >= 11 is 1.66. The van der Waals surface area contributed by atoms with Crippen LogP contribution in [-0.2, 0) is 24.2 Å². The zero-order chi connectivity index (χ0) is 23.9. The summed E-state index contributed by atoms with van der Waals surface area (Å²) in [6.45, 7) is 7.06. The molecule has 2 aromatic heterocycles. The Bertz CT molecular complexity index is 1170. The van der Waals surface area contributed by atoms with E-state index < -0.39 is 15.9 Å². The zero-order valence-corrected chi connectivity index (χ0v) is 21.0. The van der Waals surface area contributed by atoms with E-state index in [0.717, 1.165) is 16.0 Å². The quantitative estimate of drug-likeness (QED) is 0.581. The van der Waals surface area contributed by atoms with Gasteiger partial charge in [-0.3, -0.25) is 9.59 Å². The number of carbonyl (C=O) groups excluding carboxylic acids is 2. The Labute approximate surface area is 198 Å². The van der Waals surface area contributed by atoms with Crippen molar-refractivity contribution in [1.82, 2.24) is 14.9 Å². The van der Waals surface area contributed by atoms with E-state index in [1.807, 2.05) is 0 Å². The number of aryl methyl sites for hydroxylation is 2. The minimum absolute atomic E-state index is 0.0339. The van der Waals surface area contributed by atoms with E-state index >= 15 is 0 Å². The second kappa shape index (κ2) is 9.17. The number of esters is 1. The molecule has 0 aliphatic carbocycles. The summed E-state index contributed by atoms with van der Waals surface area (Å²) in [4.78, 5) is 40.2. The van der Waals surface area contributed by atoms with Crippen LogP contribution in [-0.4, -0.2) is 79.0 Å². The maximum atomic E-state index is 12.7. The number of hydrogen-bond donors (Lipinski definition) is 0. The van der Waals surface area contributed by atoms with E-state index in [4.69, 9.17) is 4.74 Å². The molecule has 4 rings (SSSR count). The number of carbonyl (C=O) groups is 2. The van der Waals surface area contributed by atoms with Crippen molar-refractivity contribution in [3.8, 4) is 0 Å². The second-order valence-corrected chi connectivity index (χ2v) is 12.4. The van der Waals surface area contributed by atoms with Crippen LogP contribution >= 0.6 is 11.3 Å².